The van der Waals surface area contributed by atoms with Crippen molar-refractivity contribution < 1.29 is 4.39 Å². The first-order chi connectivity index (χ1) is 3.72. The van der Waals surface area contributed by atoms with Crippen molar-refractivity contribution in [3.63, 3.8) is 0 Å². The van der Waals surface area contributed by atoms with Crippen molar-refractivity contribution >= 4 is 11.6 Å². The van der Waals surface area contributed by atoms with Gasteiger partial charge in [0, 0.05) is 12.4 Å². The third kappa shape index (κ3) is 1.84. The van der Waals surface area contributed by atoms with E-state index in [0.29, 0.717) is 0 Å². The van der Waals surface area contributed by atoms with Gasteiger partial charge in [-0.2, -0.15) is 0 Å². The second-order valence-corrected chi connectivity index (χ2v) is 1.44. The van der Waals surface area contributed by atoms with Gasteiger partial charge in [-0.3, -0.25) is 0 Å². The van der Waals surface area contributed by atoms with E-state index < -0.39 is 5.83 Å². The minimum absolute atomic E-state index is 0.174. The average molecular weight is 137 g/mol. The summed E-state index contributed by atoms with van der Waals surface area (Å²) in [4.78, 5) is 0. The SMILES string of the molecule is N/C=C(Cl)/C(F)=C\N. The topological polar surface area (TPSA) is 52.0 Å². The smallest absolute Gasteiger partial charge is 0.158 e. The Hall–Kier alpha value is -0.700. The van der Waals surface area contributed by atoms with Crippen LogP contribution in [-0.4, -0.2) is 0 Å². The third-order valence-corrected chi connectivity index (χ3v) is 0.827. The Labute approximate surface area is 51.6 Å². The minimum Gasteiger partial charge on any atom is -0.403 e. The Morgan fingerprint density at radius 1 is 1.38 bits per heavy atom. The molecule has 0 radical (unpaired) electrons. The van der Waals surface area contributed by atoms with Gasteiger partial charge in [0.25, 0.3) is 0 Å². The molecule has 8 heavy (non-hydrogen) atoms. The predicted molar refractivity (Wildman–Crippen MR) is 31.5 cm³/mol. The molecule has 0 saturated carbocycles. The molecule has 0 rings (SSSR count). The van der Waals surface area contributed by atoms with Crippen LogP contribution in [0.1, 0.15) is 0 Å². The summed E-state index contributed by atoms with van der Waals surface area (Å²) in [6, 6.07) is 0. The Morgan fingerprint density at radius 3 is 2.00 bits per heavy atom. The number of hydrogen-bond acceptors (Lipinski definition) is 2. The molecule has 0 bridgehead atoms. The normalized spacial score (nSPS) is 14.2. The summed E-state index contributed by atoms with van der Waals surface area (Å²) in [5.74, 6) is -0.714. The highest BCUT2D eigenvalue weighted by Gasteiger charge is 1.94. The van der Waals surface area contributed by atoms with Gasteiger partial charge in [-0.25, -0.2) is 4.39 Å². The van der Waals surface area contributed by atoms with Gasteiger partial charge in [-0.15, -0.1) is 0 Å². The van der Waals surface area contributed by atoms with Crippen LogP contribution in [0.4, 0.5) is 4.39 Å². The number of allylic oxidation sites excluding steroid dienone is 2. The fraction of sp³-hybridized carbons (Fsp3) is 0. The summed E-state index contributed by atoms with van der Waals surface area (Å²) >= 11 is 5.13. The molecule has 0 aliphatic rings. The lowest BCUT2D eigenvalue weighted by Crippen LogP contribution is -1.86. The van der Waals surface area contributed by atoms with Crippen LogP contribution >= 0.6 is 11.6 Å². The standard InChI is InChI=1S/C4H6ClFN2/c5-3(1-7)4(6)2-8/h1-2H,7-8H2/b3-1-,4-2+. The minimum atomic E-state index is -0.714. The molecule has 46 valence electrons. The molecule has 0 fully saturated rings. The van der Waals surface area contributed by atoms with Gasteiger partial charge in [0.2, 0.25) is 0 Å². The monoisotopic (exact) mass is 136 g/mol. The Balaban J connectivity index is 4.04. The van der Waals surface area contributed by atoms with Crippen LogP contribution in [0, 0.1) is 0 Å². The van der Waals surface area contributed by atoms with E-state index in [1.165, 1.54) is 0 Å². The second-order valence-electron chi connectivity index (χ2n) is 1.03. The molecule has 0 aromatic heterocycles. The predicted octanol–water partition coefficient (Wildman–Crippen LogP) is 0.795. The van der Waals surface area contributed by atoms with E-state index in [-0.39, 0.29) is 5.03 Å². The van der Waals surface area contributed by atoms with Gasteiger partial charge >= 0.3 is 0 Å². The van der Waals surface area contributed by atoms with E-state index >= 15 is 0 Å². The van der Waals surface area contributed by atoms with Crippen LogP contribution in [0.3, 0.4) is 0 Å². The molecule has 0 amide bonds. The van der Waals surface area contributed by atoms with Crippen molar-refractivity contribution in [2.75, 3.05) is 0 Å². The Bertz CT molecular complexity index is 114. The molecule has 4 heteroatoms. The highest BCUT2D eigenvalue weighted by atomic mass is 35.5. The molecular formula is C4H6ClFN2. The molecule has 0 aliphatic heterocycles. The van der Waals surface area contributed by atoms with Crippen molar-refractivity contribution in [1.82, 2.24) is 0 Å². The maximum absolute atomic E-state index is 12.0. The van der Waals surface area contributed by atoms with Crippen LogP contribution < -0.4 is 11.5 Å². The number of rotatable bonds is 1. The molecule has 0 spiro atoms. The lowest BCUT2D eigenvalue weighted by atomic mass is 10.5. The molecule has 0 saturated heterocycles. The van der Waals surface area contributed by atoms with Crippen molar-refractivity contribution in [2.45, 2.75) is 0 Å². The molecule has 0 aliphatic carbocycles. The second kappa shape index (κ2) is 3.32. The zero-order chi connectivity index (χ0) is 6.57. The molecule has 0 unspecified atom stereocenters. The molecular weight excluding hydrogens is 131 g/mol. The third-order valence-electron chi connectivity index (χ3n) is 0.521. The summed E-state index contributed by atoms with van der Waals surface area (Å²) in [5.41, 5.74) is 9.55. The molecule has 4 N–H and O–H groups in total. The first-order valence-electron chi connectivity index (χ1n) is 1.87. The highest BCUT2D eigenvalue weighted by Crippen LogP contribution is 2.11. The first kappa shape index (κ1) is 7.30. The van der Waals surface area contributed by atoms with E-state index in [1.54, 1.807) is 0 Å². The van der Waals surface area contributed by atoms with Crippen LogP contribution in [0.15, 0.2) is 23.3 Å². The zero-order valence-corrected chi connectivity index (χ0v) is 4.82. The Morgan fingerprint density at radius 2 is 1.88 bits per heavy atom. The summed E-state index contributed by atoms with van der Waals surface area (Å²) in [6.45, 7) is 0. The molecule has 0 atom stereocenters. The van der Waals surface area contributed by atoms with Crippen LogP contribution in [0.5, 0.6) is 0 Å². The van der Waals surface area contributed by atoms with Gasteiger partial charge in [0.15, 0.2) is 5.83 Å². The van der Waals surface area contributed by atoms with Crippen LogP contribution in [0.2, 0.25) is 0 Å². The number of halogens is 2. The first-order valence-corrected chi connectivity index (χ1v) is 2.25. The van der Waals surface area contributed by atoms with E-state index in [4.69, 9.17) is 23.1 Å². The fourth-order valence-electron chi connectivity index (χ4n) is 0.159. The largest absolute Gasteiger partial charge is 0.403 e. The number of hydrogen-bond donors (Lipinski definition) is 2. The number of nitrogens with two attached hydrogens (primary N) is 2. The zero-order valence-electron chi connectivity index (χ0n) is 4.07. The van der Waals surface area contributed by atoms with Crippen LogP contribution in [0.25, 0.3) is 0 Å². The quantitative estimate of drug-likeness (QED) is 0.524. The van der Waals surface area contributed by atoms with Crippen LogP contribution in [-0.2, 0) is 0 Å². The summed E-state index contributed by atoms with van der Waals surface area (Å²) < 4.78 is 12.0. The van der Waals surface area contributed by atoms with E-state index in [0.717, 1.165) is 12.4 Å². The maximum atomic E-state index is 12.0. The molecule has 0 heterocycles. The van der Waals surface area contributed by atoms with Crippen molar-refractivity contribution in [3.05, 3.63) is 23.3 Å². The average Bonchev–Trinajstić information content (AvgIpc) is 1.84. The van der Waals surface area contributed by atoms with Crippen molar-refractivity contribution in [3.8, 4) is 0 Å². The van der Waals surface area contributed by atoms with Crippen molar-refractivity contribution in [2.24, 2.45) is 11.5 Å². The fourth-order valence-corrected chi connectivity index (χ4v) is 0.222. The lowest BCUT2D eigenvalue weighted by Gasteiger charge is -1.87. The molecule has 0 aromatic rings. The van der Waals surface area contributed by atoms with Gasteiger partial charge in [0.05, 0.1) is 5.03 Å². The summed E-state index contributed by atoms with van der Waals surface area (Å²) in [5, 5.41) is -0.174. The molecule has 0 aromatic carbocycles. The van der Waals surface area contributed by atoms with E-state index in [1.807, 2.05) is 0 Å². The highest BCUT2D eigenvalue weighted by molar-refractivity contribution is 6.31. The van der Waals surface area contributed by atoms with Gasteiger partial charge in [0.1, 0.15) is 0 Å². The van der Waals surface area contributed by atoms with E-state index in [2.05, 4.69) is 0 Å². The Kier molecular flexibility index (Phi) is 3.03. The molecule has 2 nitrogen and oxygen atoms in total. The van der Waals surface area contributed by atoms with Gasteiger partial charge in [-0.1, -0.05) is 11.6 Å². The summed E-state index contributed by atoms with van der Waals surface area (Å²) in [6.07, 6.45) is 1.67. The van der Waals surface area contributed by atoms with Gasteiger partial charge in [-0.05, 0) is 0 Å². The lowest BCUT2D eigenvalue weighted by molar-refractivity contribution is 0.658. The van der Waals surface area contributed by atoms with E-state index in [9.17, 15) is 4.39 Å². The maximum Gasteiger partial charge on any atom is 0.158 e. The van der Waals surface area contributed by atoms with Crippen molar-refractivity contribution in [1.29, 1.82) is 0 Å². The summed E-state index contributed by atoms with van der Waals surface area (Å²) in [7, 11) is 0. The van der Waals surface area contributed by atoms with Gasteiger partial charge < -0.3 is 11.5 Å².